The molecule has 1 heterocycles. The summed E-state index contributed by atoms with van der Waals surface area (Å²) in [5.41, 5.74) is 4.41. The first-order valence-corrected chi connectivity index (χ1v) is 14.4. The molecule has 2 aromatic rings. The van der Waals surface area contributed by atoms with Crippen molar-refractivity contribution in [3.8, 4) is 0 Å². The van der Waals surface area contributed by atoms with Gasteiger partial charge in [0.15, 0.2) is 0 Å². The van der Waals surface area contributed by atoms with Crippen LogP contribution in [0.15, 0.2) is 36.4 Å². The van der Waals surface area contributed by atoms with Crippen molar-refractivity contribution in [1.82, 2.24) is 10.2 Å². The number of hydrogen-bond donors (Lipinski definition) is 2. The molecule has 0 radical (unpaired) electrons. The molecule has 0 unspecified atom stereocenters. The molecule has 6 nitrogen and oxygen atoms in total. The quantitative estimate of drug-likeness (QED) is 0.329. The molecule has 0 aromatic heterocycles. The van der Waals surface area contributed by atoms with Crippen molar-refractivity contribution in [3.05, 3.63) is 64.5 Å². The second kappa shape index (κ2) is 14.2. The van der Waals surface area contributed by atoms with Crippen LogP contribution < -0.4 is 10.8 Å². The SMILES string of the molecule is CCCN(CCC)C1=Bc2cc(F)cc(c2)C[C@@H](C(=O)[C@H](O)COCCC(C)(C)C)NC(=O)c2cc(C)cc1c2. The third-order valence-electron chi connectivity index (χ3n) is 6.94. The number of ether oxygens (including phenoxy) is 1. The molecule has 2 atom stereocenters. The van der Waals surface area contributed by atoms with Crippen molar-refractivity contribution in [2.24, 2.45) is 5.41 Å². The summed E-state index contributed by atoms with van der Waals surface area (Å²) in [7, 11) is 0. The number of benzene rings is 2. The third-order valence-corrected chi connectivity index (χ3v) is 6.94. The van der Waals surface area contributed by atoms with Crippen LogP contribution in [-0.4, -0.2) is 72.7 Å². The number of halogens is 1. The summed E-state index contributed by atoms with van der Waals surface area (Å²) < 4.78 is 20.4. The molecule has 0 saturated heterocycles. The van der Waals surface area contributed by atoms with Gasteiger partial charge in [-0.05, 0) is 0 Å². The summed E-state index contributed by atoms with van der Waals surface area (Å²) in [6.07, 6.45) is 1.29. The van der Waals surface area contributed by atoms with Crippen LogP contribution in [0.2, 0.25) is 0 Å². The van der Waals surface area contributed by atoms with E-state index >= 15 is 0 Å². The summed E-state index contributed by atoms with van der Waals surface area (Å²) in [6.45, 7) is 16.3. The molecule has 216 valence electrons. The van der Waals surface area contributed by atoms with E-state index in [9.17, 15) is 19.1 Å². The molecular weight excluding hydrogens is 506 g/mol. The minimum absolute atomic E-state index is 0.0455. The molecule has 2 N–H and O–H groups in total. The number of hydrogen-bond acceptors (Lipinski definition) is 5. The van der Waals surface area contributed by atoms with Crippen LogP contribution in [0.5, 0.6) is 0 Å². The van der Waals surface area contributed by atoms with Crippen LogP contribution in [0.4, 0.5) is 4.39 Å². The second-order valence-electron chi connectivity index (χ2n) is 12.0. The first kappa shape index (κ1) is 31.7. The molecule has 2 aromatic carbocycles. The topological polar surface area (TPSA) is 78.9 Å². The van der Waals surface area contributed by atoms with E-state index in [4.69, 9.17) is 4.74 Å². The Balaban J connectivity index is 2.02. The van der Waals surface area contributed by atoms with Crippen LogP contribution in [0.1, 0.15) is 80.9 Å². The Morgan fingerprint density at radius 1 is 1.12 bits per heavy atom. The number of ketones is 1. The van der Waals surface area contributed by atoms with Gasteiger partial charge in [0.2, 0.25) is 0 Å². The predicted octanol–water partition coefficient (Wildman–Crippen LogP) is 3.80. The Bertz CT molecular complexity index is 1220. The maximum absolute atomic E-state index is 14.9. The average molecular weight is 551 g/mol. The van der Waals surface area contributed by atoms with E-state index in [1.54, 1.807) is 6.07 Å². The van der Waals surface area contributed by atoms with Crippen molar-refractivity contribution in [2.45, 2.75) is 79.4 Å². The molecule has 0 saturated carbocycles. The van der Waals surface area contributed by atoms with E-state index in [1.807, 2.05) is 32.0 Å². The number of aliphatic hydroxyl groups excluding tert-OH is 1. The number of carbonyl (C=O) groups excluding carboxylic acids is 2. The van der Waals surface area contributed by atoms with Gasteiger partial charge in [0.1, 0.15) is 0 Å². The van der Waals surface area contributed by atoms with Gasteiger partial charge >= 0.3 is 218 Å². The van der Waals surface area contributed by atoms with Crippen molar-refractivity contribution in [1.29, 1.82) is 0 Å². The molecule has 3 rings (SSSR count). The van der Waals surface area contributed by atoms with E-state index in [-0.39, 0.29) is 18.4 Å². The van der Waals surface area contributed by atoms with Crippen molar-refractivity contribution in [2.75, 3.05) is 26.3 Å². The number of amides is 1. The second-order valence-corrected chi connectivity index (χ2v) is 12.0. The zero-order chi connectivity index (χ0) is 29.4. The molecule has 0 aliphatic carbocycles. The zero-order valence-electron chi connectivity index (χ0n) is 24.9. The van der Waals surface area contributed by atoms with Crippen LogP contribution in [0.25, 0.3) is 0 Å². The van der Waals surface area contributed by atoms with E-state index in [0.29, 0.717) is 23.2 Å². The van der Waals surface area contributed by atoms with Crippen LogP contribution in [0, 0.1) is 18.2 Å². The molecule has 1 aliphatic heterocycles. The standard InChI is InChI=1S/C32H44BFN2O4/c1-7-10-36(11-8-2)30-23-13-21(3)14-24(18-23)31(39)35-27(17-22-15-25(33-30)19-26(34)16-22)29(38)28(37)20-40-12-9-32(4,5)6/h13-16,18-19,27-28,37H,7-12,17,20H2,1-6H3,(H,35,39)/t27-,28+/m0/s1. The number of nitrogens with zero attached hydrogens (tertiary/aromatic N) is 1. The van der Waals surface area contributed by atoms with Crippen LogP contribution >= 0.6 is 0 Å². The summed E-state index contributed by atoms with van der Waals surface area (Å²) >= 11 is 0. The monoisotopic (exact) mass is 550 g/mol. The summed E-state index contributed by atoms with van der Waals surface area (Å²) in [5, 5.41) is 13.5. The average Bonchev–Trinajstić information content (AvgIpc) is 2.87. The maximum atomic E-state index is 14.9. The molecule has 1 amide bonds. The normalized spacial score (nSPS) is 16.1. The van der Waals surface area contributed by atoms with Gasteiger partial charge in [-0.1, -0.05) is 20.8 Å². The molecule has 0 fully saturated rings. The molecule has 4 bridgehead atoms. The Morgan fingerprint density at radius 2 is 1.80 bits per heavy atom. The van der Waals surface area contributed by atoms with E-state index < -0.39 is 29.7 Å². The molecule has 8 heteroatoms. The fourth-order valence-electron chi connectivity index (χ4n) is 4.93. The molecule has 40 heavy (non-hydrogen) atoms. The van der Waals surface area contributed by atoms with Gasteiger partial charge in [0.25, 0.3) is 0 Å². The number of aryl methyl sites for hydroxylation is 1. The van der Waals surface area contributed by atoms with E-state index in [0.717, 1.165) is 49.1 Å². The Labute approximate surface area is 239 Å². The van der Waals surface area contributed by atoms with Gasteiger partial charge in [0, 0.05) is 0 Å². The van der Waals surface area contributed by atoms with Crippen molar-refractivity contribution in [3.63, 3.8) is 0 Å². The fraction of sp³-hybridized carbons (Fsp3) is 0.531. The van der Waals surface area contributed by atoms with E-state index in [1.165, 1.54) is 12.1 Å². The Kier molecular flexibility index (Phi) is 11.2. The van der Waals surface area contributed by atoms with Crippen LogP contribution in [-0.2, 0) is 16.0 Å². The fourth-order valence-corrected chi connectivity index (χ4v) is 4.93. The molecular formula is C32H44BFN2O4. The van der Waals surface area contributed by atoms with Gasteiger partial charge in [-0.15, -0.1) is 0 Å². The third kappa shape index (κ3) is 9.10. The van der Waals surface area contributed by atoms with Gasteiger partial charge in [-0.25, -0.2) is 0 Å². The Morgan fingerprint density at radius 3 is 2.45 bits per heavy atom. The first-order valence-electron chi connectivity index (χ1n) is 14.4. The first-order chi connectivity index (χ1) is 18.9. The van der Waals surface area contributed by atoms with Gasteiger partial charge < -0.3 is 0 Å². The molecule has 0 spiro atoms. The number of nitrogens with one attached hydrogen (secondary N) is 1. The van der Waals surface area contributed by atoms with Crippen molar-refractivity contribution < 1.29 is 23.8 Å². The molecule has 1 aliphatic rings. The Hall–Kier alpha value is -2.84. The summed E-state index contributed by atoms with van der Waals surface area (Å²) in [4.78, 5) is 29.1. The predicted molar refractivity (Wildman–Crippen MR) is 160 cm³/mol. The van der Waals surface area contributed by atoms with E-state index in [2.05, 4.69) is 44.8 Å². The number of Topliss-reactive ketones (excluding diaryl/α,β-unsaturated/α-hetero) is 1. The van der Waals surface area contributed by atoms with Crippen LogP contribution in [0.3, 0.4) is 0 Å². The van der Waals surface area contributed by atoms with Gasteiger partial charge in [-0.2, -0.15) is 0 Å². The minimum atomic E-state index is -1.41. The summed E-state index contributed by atoms with van der Waals surface area (Å²) in [5.74, 6) is -1.41. The number of rotatable bonds is 11. The van der Waals surface area contributed by atoms with Gasteiger partial charge in [0.05, 0.1) is 0 Å². The van der Waals surface area contributed by atoms with Crippen molar-refractivity contribution >= 4 is 29.7 Å². The summed E-state index contributed by atoms with van der Waals surface area (Å²) in [6, 6.07) is 9.29. The number of aliphatic hydroxyl groups is 1. The number of carbonyl (C=O) groups is 2. The number of fused-ring (bicyclic) bond motifs is 4. The van der Waals surface area contributed by atoms with Gasteiger partial charge in [-0.3, -0.25) is 0 Å². The zero-order valence-corrected chi connectivity index (χ0v) is 24.9.